The van der Waals surface area contributed by atoms with Crippen molar-refractivity contribution in [1.29, 1.82) is 0 Å². The van der Waals surface area contributed by atoms with Crippen molar-refractivity contribution in [3.8, 4) is 0 Å². The number of halogens is 1. The van der Waals surface area contributed by atoms with Crippen molar-refractivity contribution in [2.75, 3.05) is 0 Å². The van der Waals surface area contributed by atoms with Gasteiger partial charge in [-0.1, -0.05) is 28.1 Å². The van der Waals surface area contributed by atoms with E-state index in [0.717, 1.165) is 10.0 Å². The van der Waals surface area contributed by atoms with E-state index in [0.29, 0.717) is 6.42 Å². The summed E-state index contributed by atoms with van der Waals surface area (Å²) < 4.78 is 0.990. The molecule has 0 radical (unpaired) electrons. The van der Waals surface area contributed by atoms with E-state index in [2.05, 4.69) is 28.6 Å². The number of hydrogen-bond acceptors (Lipinski definition) is 1. The molecule has 0 aliphatic rings. The molecule has 1 aromatic carbocycles. The number of carbonyl (C=O) groups is 1. The minimum atomic E-state index is -0.108. The van der Waals surface area contributed by atoms with Gasteiger partial charge in [-0.25, -0.2) is 0 Å². The molecular formula is C8H7BrOS. The van der Waals surface area contributed by atoms with E-state index in [1.165, 1.54) is 0 Å². The molecule has 0 aromatic heterocycles. The maximum atomic E-state index is 10.6. The van der Waals surface area contributed by atoms with Crippen molar-refractivity contribution >= 4 is 33.7 Å². The van der Waals surface area contributed by atoms with Gasteiger partial charge >= 0.3 is 0 Å². The molecule has 1 aromatic rings. The lowest BCUT2D eigenvalue weighted by Gasteiger charge is -1.96. The molecule has 1 nitrogen and oxygen atoms in total. The zero-order chi connectivity index (χ0) is 8.27. The number of benzene rings is 1. The van der Waals surface area contributed by atoms with Crippen molar-refractivity contribution in [1.82, 2.24) is 0 Å². The maximum Gasteiger partial charge on any atom is 0.190 e. The summed E-state index contributed by atoms with van der Waals surface area (Å²) in [6.45, 7) is 0. The van der Waals surface area contributed by atoms with Gasteiger partial charge in [0.1, 0.15) is 0 Å². The molecule has 0 aliphatic heterocycles. The molecule has 0 unspecified atom stereocenters. The first-order chi connectivity index (χ1) is 5.18. The predicted molar refractivity (Wildman–Crippen MR) is 51.8 cm³/mol. The van der Waals surface area contributed by atoms with Crippen LogP contribution in [0, 0.1) is 0 Å². The highest BCUT2D eigenvalue weighted by molar-refractivity contribution is 9.10. The second-order valence-electron chi connectivity index (χ2n) is 2.20. The van der Waals surface area contributed by atoms with Crippen LogP contribution >= 0.6 is 28.6 Å². The topological polar surface area (TPSA) is 17.1 Å². The first-order valence-electron chi connectivity index (χ1n) is 3.15. The van der Waals surface area contributed by atoms with Gasteiger partial charge in [0.2, 0.25) is 0 Å². The summed E-state index contributed by atoms with van der Waals surface area (Å²) in [7, 11) is 0. The highest BCUT2D eigenvalue weighted by Crippen LogP contribution is 2.12. The Morgan fingerprint density at radius 2 is 2.27 bits per heavy atom. The lowest BCUT2D eigenvalue weighted by atomic mass is 10.2. The van der Waals surface area contributed by atoms with Crippen LogP contribution in [0.25, 0.3) is 0 Å². The molecule has 0 saturated carbocycles. The van der Waals surface area contributed by atoms with E-state index in [9.17, 15) is 4.79 Å². The van der Waals surface area contributed by atoms with Gasteiger partial charge < -0.3 is 0 Å². The number of thiol groups is 1. The molecule has 0 aliphatic carbocycles. The largest absolute Gasteiger partial charge is 0.287 e. The molecule has 0 atom stereocenters. The van der Waals surface area contributed by atoms with Crippen LogP contribution in [0.5, 0.6) is 0 Å². The van der Waals surface area contributed by atoms with E-state index in [4.69, 9.17) is 0 Å². The van der Waals surface area contributed by atoms with Crippen LogP contribution < -0.4 is 0 Å². The van der Waals surface area contributed by atoms with Crippen LogP contribution in [-0.4, -0.2) is 5.12 Å². The van der Waals surface area contributed by atoms with E-state index in [-0.39, 0.29) is 5.12 Å². The highest BCUT2D eigenvalue weighted by atomic mass is 79.9. The molecule has 0 amide bonds. The van der Waals surface area contributed by atoms with Crippen LogP contribution in [0.1, 0.15) is 5.56 Å². The van der Waals surface area contributed by atoms with Crippen LogP contribution in [0.3, 0.4) is 0 Å². The molecule has 0 heterocycles. The second kappa shape index (κ2) is 3.93. The molecule has 1 rings (SSSR count). The second-order valence-corrected chi connectivity index (χ2v) is 3.61. The van der Waals surface area contributed by atoms with Crippen LogP contribution in [0.15, 0.2) is 28.7 Å². The van der Waals surface area contributed by atoms with E-state index in [1.54, 1.807) is 0 Å². The average Bonchev–Trinajstić information content (AvgIpc) is 1.85. The van der Waals surface area contributed by atoms with Gasteiger partial charge in [-0.3, -0.25) is 4.79 Å². The van der Waals surface area contributed by atoms with E-state index < -0.39 is 0 Å². The fraction of sp³-hybridized carbons (Fsp3) is 0.125. The summed E-state index contributed by atoms with van der Waals surface area (Å²) in [5, 5.41) is -0.108. The van der Waals surface area contributed by atoms with Gasteiger partial charge in [-0.2, -0.15) is 0 Å². The normalized spacial score (nSPS) is 9.64. The minimum absolute atomic E-state index is 0.108. The monoisotopic (exact) mass is 230 g/mol. The van der Waals surface area contributed by atoms with E-state index in [1.807, 2.05) is 24.3 Å². The molecule has 0 N–H and O–H groups in total. The SMILES string of the molecule is O=C(S)Cc1cccc(Br)c1. The third-order valence-electron chi connectivity index (χ3n) is 1.24. The molecule has 11 heavy (non-hydrogen) atoms. The van der Waals surface area contributed by atoms with Crippen LogP contribution in [-0.2, 0) is 11.2 Å². The average molecular weight is 231 g/mol. The molecular weight excluding hydrogens is 224 g/mol. The summed E-state index contributed by atoms with van der Waals surface area (Å²) in [6.07, 6.45) is 0.391. The van der Waals surface area contributed by atoms with Gasteiger partial charge in [0.25, 0.3) is 0 Å². The van der Waals surface area contributed by atoms with Crippen molar-refractivity contribution in [3.63, 3.8) is 0 Å². The fourth-order valence-corrected chi connectivity index (χ4v) is 1.45. The smallest absolute Gasteiger partial charge is 0.190 e. The molecule has 3 heteroatoms. The number of carbonyl (C=O) groups excluding carboxylic acids is 1. The molecule has 0 spiro atoms. The first kappa shape index (κ1) is 8.81. The third-order valence-corrected chi connectivity index (χ3v) is 1.90. The predicted octanol–water partition coefficient (Wildman–Crippen LogP) is 2.45. The maximum absolute atomic E-state index is 10.6. The first-order valence-corrected chi connectivity index (χ1v) is 4.39. The summed E-state index contributed by atoms with van der Waals surface area (Å²) in [6, 6.07) is 7.63. The van der Waals surface area contributed by atoms with Gasteiger partial charge in [0.15, 0.2) is 5.12 Å². The zero-order valence-electron chi connectivity index (χ0n) is 5.75. The molecule has 0 bridgehead atoms. The van der Waals surface area contributed by atoms with Crippen LogP contribution in [0.4, 0.5) is 0 Å². The Bertz CT molecular complexity index is 273. The van der Waals surface area contributed by atoms with Crippen molar-refractivity contribution in [2.24, 2.45) is 0 Å². The Morgan fingerprint density at radius 1 is 1.55 bits per heavy atom. The van der Waals surface area contributed by atoms with Gasteiger partial charge in [-0.05, 0) is 17.7 Å². The molecule has 58 valence electrons. The van der Waals surface area contributed by atoms with Crippen molar-refractivity contribution < 1.29 is 4.79 Å². The van der Waals surface area contributed by atoms with Crippen molar-refractivity contribution in [2.45, 2.75) is 6.42 Å². The summed E-state index contributed by atoms with van der Waals surface area (Å²) in [5.41, 5.74) is 0.986. The van der Waals surface area contributed by atoms with Gasteiger partial charge in [0, 0.05) is 10.9 Å². The number of hydrogen-bond donors (Lipinski definition) is 1. The van der Waals surface area contributed by atoms with Gasteiger partial charge in [0.05, 0.1) is 0 Å². The van der Waals surface area contributed by atoms with E-state index >= 15 is 0 Å². The Balaban J connectivity index is 2.79. The zero-order valence-corrected chi connectivity index (χ0v) is 8.23. The summed E-state index contributed by atoms with van der Waals surface area (Å²) in [4.78, 5) is 10.6. The lowest BCUT2D eigenvalue weighted by Crippen LogP contribution is -1.92. The van der Waals surface area contributed by atoms with Crippen molar-refractivity contribution in [3.05, 3.63) is 34.3 Å². The molecule has 0 fully saturated rings. The quantitative estimate of drug-likeness (QED) is 0.773. The Labute approximate surface area is 79.3 Å². The standard InChI is InChI=1S/C8H7BrOS/c9-7-3-1-2-6(4-7)5-8(10)11/h1-4H,5H2,(H,10,11). The van der Waals surface area contributed by atoms with Gasteiger partial charge in [-0.15, -0.1) is 12.6 Å². The lowest BCUT2D eigenvalue weighted by molar-refractivity contribution is -0.110. The fourth-order valence-electron chi connectivity index (χ4n) is 0.822. The minimum Gasteiger partial charge on any atom is -0.287 e. The number of rotatable bonds is 2. The summed E-state index contributed by atoms with van der Waals surface area (Å²) in [5.74, 6) is 0. The Kier molecular flexibility index (Phi) is 3.15. The van der Waals surface area contributed by atoms with Crippen LogP contribution in [0.2, 0.25) is 0 Å². The Morgan fingerprint density at radius 3 is 2.82 bits per heavy atom. The third kappa shape index (κ3) is 3.08. The highest BCUT2D eigenvalue weighted by Gasteiger charge is 1.97. The molecule has 0 saturated heterocycles. The summed E-state index contributed by atoms with van der Waals surface area (Å²) >= 11 is 7.01. The Hall–Kier alpha value is -0.280.